The zero-order valence-electron chi connectivity index (χ0n) is 12.5. The van der Waals surface area contributed by atoms with E-state index in [1.807, 2.05) is 26.0 Å². The lowest BCUT2D eigenvalue weighted by atomic mass is 10.1. The number of anilines is 1. The van der Waals surface area contributed by atoms with E-state index in [4.69, 9.17) is 4.74 Å². The number of nitrogens with zero attached hydrogens (tertiary/aromatic N) is 2. The Labute approximate surface area is 120 Å². The average molecular weight is 271 g/mol. The zero-order valence-corrected chi connectivity index (χ0v) is 12.5. The van der Waals surface area contributed by atoms with Crippen LogP contribution in [0.5, 0.6) is 5.75 Å². The van der Waals surface area contributed by atoms with Gasteiger partial charge in [-0.15, -0.1) is 0 Å². The summed E-state index contributed by atoms with van der Waals surface area (Å²) in [6.07, 6.45) is 1.77. The molecule has 4 nitrogen and oxygen atoms in total. The third-order valence-corrected chi connectivity index (χ3v) is 2.93. The minimum atomic E-state index is 0.595. The van der Waals surface area contributed by atoms with Gasteiger partial charge in [0.15, 0.2) is 0 Å². The third-order valence-electron chi connectivity index (χ3n) is 2.93. The number of ether oxygens (including phenoxy) is 1. The second-order valence-corrected chi connectivity index (χ2v) is 5.04. The first-order valence-electron chi connectivity index (χ1n) is 6.80. The molecular formula is C16H21N3O. The van der Waals surface area contributed by atoms with Crippen LogP contribution in [-0.2, 0) is 0 Å². The van der Waals surface area contributed by atoms with Gasteiger partial charge in [0, 0.05) is 6.20 Å². The Kier molecular flexibility index (Phi) is 4.56. The molecule has 0 unspecified atom stereocenters. The van der Waals surface area contributed by atoms with Gasteiger partial charge >= 0.3 is 0 Å². The Morgan fingerprint density at radius 2 is 1.75 bits per heavy atom. The number of benzene rings is 1. The van der Waals surface area contributed by atoms with Gasteiger partial charge < -0.3 is 10.1 Å². The molecule has 106 valence electrons. The van der Waals surface area contributed by atoms with Crippen LogP contribution in [0.3, 0.4) is 0 Å². The highest BCUT2D eigenvalue weighted by atomic mass is 16.5. The number of hydrogen-bond acceptors (Lipinski definition) is 4. The summed E-state index contributed by atoms with van der Waals surface area (Å²) in [6, 6.07) is 6.23. The molecular weight excluding hydrogens is 250 g/mol. The number of rotatable bonds is 5. The molecule has 4 heteroatoms. The average Bonchev–Trinajstić information content (AvgIpc) is 2.37. The first kappa shape index (κ1) is 14.3. The summed E-state index contributed by atoms with van der Waals surface area (Å²) in [5, 5.41) is 3.25. The van der Waals surface area contributed by atoms with E-state index in [0.717, 1.165) is 23.0 Å². The van der Waals surface area contributed by atoms with E-state index in [9.17, 15) is 0 Å². The first-order chi connectivity index (χ1) is 9.54. The summed E-state index contributed by atoms with van der Waals surface area (Å²) in [5.41, 5.74) is 4.25. The van der Waals surface area contributed by atoms with Crippen molar-refractivity contribution in [2.24, 2.45) is 0 Å². The number of aryl methyl sites for hydroxylation is 4. The molecule has 2 aromatic rings. The second kappa shape index (κ2) is 6.37. The molecule has 2 rings (SSSR count). The smallest absolute Gasteiger partial charge is 0.147 e. The quantitative estimate of drug-likeness (QED) is 0.848. The van der Waals surface area contributed by atoms with Gasteiger partial charge in [-0.2, -0.15) is 0 Å². The van der Waals surface area contributed by atoms with Gasteiger partial charge in [-0.3, -0.25) is 4.98 Å². The molecule has 0 aliphatic carbocycles. The molecule has 0 amide bonds. The summed E-state index contributed by atoms with van der Waals surface area (Å²) < 4.78 is 5.75. The van der Waals surface area contributed by atoms with Crippen molar-refractivity contribution in [1.82, 2.24) is 9.97 Å². The van der Waals surface area contributed by atoms with Gasteiger partial charge in [0.1, 0.15) is 18.2 Å². The number of nitrogens with one attached hydrogen (secondary N) is 1. The molecule has 1 N–H and O–H groups in total. The van der Waals surface area contributed by atoms with Crippen LogP contribution in [0.1, 0.15) is 22.5 Å². The standard InChI is InChI=1S/C16H21N3O/c1-11-7-12(2)9-15(8-11)20-6-5-17-16-14(4)18-10-13(3)19-16/h7-10H,5-6H2,1-4H3,(H,17,19). The van der Waals surface area contributed by atoms with Gasteiger partial charge in [0.25, 0.3) is 0 Å². The lowest BCUT2D eigenvalue weighted by Crippen LogP contribution is -2.14. The molecule has 0 bridgehead atoms. The maximum atomic E-state index is 5.75. The van der Waals surface area contributed by atoms with E-state index in [1.165, 1.54) is 11.1 Å². The van der Waals surface area contributed by atoms with Gasteiger partial charge in [0.2, 0.25) is 0 Å². The molecule has 1 aromatic carbocycles. The van der Waals surface area contributed by atoms with Crippen molar-refractivity contribution in [3.8, 4) is 5.75 Å². The Morgan fingerprint density at radius 1 is 1.05 bits per heavy atom. The molecule has 0 radical (unpaired) electrons. The van der Waals surface area contributed by atoms with Crippen LogP contribution >= 0.6 is 0 Å². The van der Waals surface area contributed by atoms with Crippen molar-refractivity contribution in [2.45, 2.75) is 27.7 Å². The largest absolute Gasteiger partial charge is 0.492 e. The molecule has 0 saturated carbocycles. The Bertz CT molecular complexity index is 576. The van der Waals surface area contributed by atoms with Gasteiger partial charge in [0.05, 0.1) is 17.9 Å². The van der Waals surface area contributed by atoms with Gasteiger partial charge in [-0.05, 0) is 51.0 Å². The predicted molar refractivity (Wildman–Crippen MR) is 81.4 cm³/mol. The van der Waals surface area contributed by atoms with Gasteiger partial charge in [-0.1, -0.05) is 6.07 Å². The van der Waals surface area contributed by atoms with Crippen LogP contribution in [0.2, 0.25) is 0 Å². The van der Waals surface area contributed by atoms with E-state index in [-0.39, 0.29) is 0 Å². The van der Waals surface area contributed by atoms with Crippen molar-refractivity contribution in [1.29, 1.82) is 0 Å². The number of hydrogen-bond donors (Lipinski definition) is 1. The fraction of sp³-hybridized carbons (Fsp3) is 0.375. The first-order valence-corrected chi connectivity index (χ1v) is 6.80. The summed E-state index contributed by atoms with van der Waals surface area (Å²) in [7, 11) is 0. The van der Waals surface area contributed by atoms with E-state index >= 15 is 0 Å². The van der Waals surface area contributed by atoms with Crippen LogP contribution in [0.15, 0.2) is 24.4 Å². The maximum Gasteiger partial charge on any atom is 0.147 e. The summed E-state index contributed by atoms with van der Waals surface area (Å²) in [5.74, 6) is 1.74. The monoisotopic (exact) mass is 271 g/mol. The van der Waals surface area contributed by atoms with E-state index in [2.05, 4.69) is 35.2 Å². The molecule has 1 heterocycles. The molecule has 0 saturated heterocycles. The molecule has 0 aliphatic rings. The van der Waals surface area contributed by atoms with Crippen LogP contribution in [0.25, 0.3) is 0 Å². The highest BCUT2D eigenvalue weighted by Gasteiger charge is 2.01. The van der Waals surface area contributed by atoms with Crippen LogP contribution < -0.4 is 10.1 Å². The Morgan fingerprint density at radius 3 is 2.45 bits per heavy atom. The fourth-order valence-corrected chi connectivity index (χ4v) is 2.06. The highest BCUT2D eigenvalue weighted by molar-refractivity contribution is 5.39. The van der Waals surface area contributed by atoms with Crippen molar-refractivity contribution >= 4 is 5.82 Å². The second-order valence-electron chi connectivity index (χ2n) is 5.04. The molecule has 0 aliphatic heterocycles. The molecule has 20 heavy (non-hydrogen) atoms. The normalized spacial score (nSPS) is 10.4. The summed E-state index contributed by atoms with van der Waals surface area (Å²) in [4.78, 5) is 8.69. The molecule has 0 spiro atoms. The van der Waals surface area contributed by atoms with E-state index in [1.54, 1.807) is 6.20 Å². The number of aromatic nitrogens is 2. The van der Waals surface area contributed by atoms with Crippen molar-refractivity contribution in [3.63, 3.8) is 0 Å². The van der Waals surface area contributed by atoms with Crippen molar-refractivity contribution < 1.29 is 4.74 Å². The molecule has 1 aromatic heterocycles. The third kappa shape index (κ3) is 3.95. The Hall–Kier alpha value is -2.10. The predicted octanol–water partition coefficient (Wildman–Crippen LogP) is 3.20. The van der Waals surface area contributed by atoms with Gasteiger partial charge in [-0.25, -0.2) is 4.98 Å². The molecule has 0 fully saturated rings. The summed E-state index contributed by atoms with van der Waals surface area (Å²) in [6.45, 7) is 9.32. The SMILES string of the molecule is Cc1cc(C)cc(OCCNc2nc(C)cnc2C)c1. The Balaban J connectivity index is 1.86. The lowest BCUT2D eigenvalue weighted by Gasteiger charge is -2.11. The minimum Gasteiger partial charge on any atom is -0.492 e. The molecule has 0 atom stereocenters. The van der Waals surface area contributed by atoms with Crippen LogP contribution in [0, 0.1) is 27.7 Å². The highest BCUT2D eigenvalue weighted by Crippen LogP contribution is 2.16. The van der Waals surface area contributed by atoms with Crippen LogP contribution in [0.4, 0.5) is 5.82 Å². The minimum absolute atomic E-state index is 0.595. The zero-order chi connectivity index (χ0) is 14.5. The van der Waals surface area contributed by atoms with E-state index < -0.39 is 0 Å². The fourth-order valence-electron chi connectivity index (χ4n) is 2.06. The maximum absolute atomic E-state index is 5.75. The van der Waals surface area contributed by atoms with Crippen molar-refractivity contribution in [3.05, 3.63) is 46.9 Å². The van der Waals surface area contributed by atoms with E-state index in [0.29, 0.717) is 13.2 Å². The topological polar surface area (TPSA) is 47.0 Å². The van der Waals surface area contributed by atoms with Crippen molar-refractivity contribution in [2.75, 3.05) is 18.5 Å². The van der Waals surface area contributed by atoms with Crippen LogP contribution in [-0.4, -0.2) is 23.1 Å². The summed E-state index contributed by atoms with van der Waals surface area (Å²) >= 11 is 0. The lowest BCUT2D eigenvalue weighted by molar-refractivity contribution is 0.332.